The molecular weight excluding hydrogens is 356 g/mol. The molecule has 2 N–H and O–H groups in total. The van der Waals surface area contributed by atoms with Crippen LogP contribution in [-0.4, -0.2) is 68.6 Å². The van der Waals surface area contributed by atoms with Crippen LogP contribution in [0.2, 0.25) is 0 Å². The highest BCUT2D eigenvalue weighted by molar-refractivity contribution is 5.87. The predicted molar refractivity (Wildman–Crippen MR) is 105 cm³/mol. The summed E-state index contributed by atoms with van der Waals surface area (Å²) in [5.41, 5.74) is 6.87. The van der Waals surface area contributed by atoms with Gasteiger partial charge in [0.25, 0.3) is 0 Å². The van der Waals surface area contributed by atoms with E-state index in [1.165, 1.54) is 5.56 Å². The van der Waals surface area contributed by atoms with E-state index in [2.05, 4.69) is 27.1 Å². The van der Waals surface area contributed by atoms with Crippen LogP contribution in [-0.2, 0) is 22.6 Å². The lowest BCUT2D eigenvalue weighted by Crippen LogP contribution is -2.60. The van der Waals surface area contributed by atoms with Crippen molar-refractivity contribution in [1.29, 1.82) is 0 Å². The minimum atomic E-state index is -0.587. The highest BCUT2D eigenvalue weighted by Crippen LogP contribution is 2.13. The Balaban J connectivity index is 1.55. The SMILES string of the molecule is Cc1nc(C)n(CCC(=O)N2CCN(CCc3ccccc3)CC2C(N)=O)n1. The number of hydrogen-bond acceptors (Lipinski definition) is 5. The van der Waals surface area contributed by atoms with Crippen LogP contribution in [0.15, 0.2) is 30.3 Å². The molecule has 1 atom stereocenters. The van der Waals surface area contributed by atoms with Crippen molar-refractivity contribution in [3.05, 3.63) is 47.5 Å². The van der Waals surface area contributed by atoms with E-state index in [1.54, 1.807) is 9.58 Å². The number of aryl methyl sites for hydroxylation is 3. The van der Waals surface area contributed by atoms with E-state index in [-0.39, 0.29) is 12.3 Å². The average molecular weight is 384 g/mol. The fourth-order valence-corrected chi connectivity index (χ4v) is 3.63. The number of hydrogen-bond donors (Lipinski definition) is 1. The zero-order valence-corrected chi connectivity index (χ0v) is 16.5. The highest BCUT2D eigenvalue weighted by Gasteiger charge is 2.33. The number of carbonyl (C=O) groups is 2. The van der Waals surface area contributed by atoms with Crippen molar-refractivity contribution in [2.45, 2.75) is 39.3 Å². The van der Waals surface area contributed by atoms with Gasteiger partial charge in [-0.15, -0.1) is 0 Å². The van der Waals surface area contributed by atoms with Gasteiger partial charge in [-0.25, -0.2) is 9.67 Å². The summed E-state index contributed by atoms with van der Waals surface area (Å²) < 4.78 is 1.72. The van der Waals surface area contributed by atoms with Crippen LogP contribution >= 0.6 is 0 Å². The van der Waals surface area contributed by atoms with E-state index in [9.17, 15) is 9.59 Å². The van der Waals surface area contributed by atoms with Gasteiger partial charge in [0.2, 0.25) is 11.8 Å². The van der Waals surface area contributed by atoms with Crippen molar-refractivity contribution in [3.8, 4) is 0 Å². The number of nitrogens with zero attached hydrogens (tertiary/aromatic N) is 5. The first-order valence-electron chi connectivity index (χ1n) is 9.67. The monoisotopic (exact) mass is 384 g/mol. The van der Waals surface area contributed by atoms with Crippen LogP contribution < -0.4 is 5.73 Å². The molecule has 0 radical (unpaired) electrons. The zero-order chi connectivity index (χ0) is 20.1. The summed E-state index contributed by atoms with van der Waals surface area (Å²) in [5, 5.41) is 4.28. The van der Waals surface area contributed by atoms with Gasteiger partial charge < -0.3 is 10.6 Å². The molecule has 28 heavy (non-hydrogen) atoms. The molecule has 3 rings (SSSR count). The van der Waals surface area contributed by atoms with E-state index >= 15 is 0 Å². The maximum absolute atomic E-state index is 12.7. The lowest BCUT2D eigenvalue weighted by Gasteiger charge is -2.40. The Labute approximate surface area is 165 Å². The second-order valence-electron chi connectivity index (χ2n) is 7.22. The Kier molecular flexibility index (Phi) is 6.41. The largest absolute Gasteiger partial charge is 0.368 e. The molecule has 1 saturated heterocycles. The second-order valence-corrected chi connectivity index (χ2v) is 7.22. The smallest absolute Gasteiger partial charge is 0.241 e. The average Bonchev–Trinajstić information content (AvgIpc) is 3.02. The van der Waals surface area contributed by atoms with Crippen molar-refractivity contribution in [1.82, 2.24) is 24.6 Å². The van der Waals surface area contributed by atoms with Crippen molar-refractivity contribution in [2.75, 3.05) is 26.2 Å². The first-order chi connectivity index (χ1) is 13.4. The van der Waals surface area contributed by atoms with Crippen LogP contribution in [0, 0.1) is 13.8 Å². The molecule has 2 amide bonds. The van der Waals surface area contributed by atoms with Gasteiger partial charge in [-0.1, -0.05) is 30.3 Å². The molecule has 2 aromatic rings. The Hall–Kier alpha value is -2.74. The second kappa shape index (κ2) is 8.97. The minimum absolute atomic E-state index is 0.0703. The molecule has 1 aromatic carbocycles. The number of aromatic nitrogens is 3. The lowest BCUT2D eigenvalue weighted by atomic mass is 10.1. The minimum Gasteiger partial charge on any atom is -0.368 e. The third-order valence-corrected chi connectivity index (χ3v) is 5.17. The Morgan fingerprint density at radius 2 is 1.89 bits per heavy atom. The fourth-order valence-electron chi connectivity index (χ4n) is 3.63. The van der Waals surface area contributed by atoms with E-state index < -0.39 is 11.9 Å². The summed E-state index contributed by atoms with van der Waals surface area (Å²) in [6.07, 6.45) is 1.18. The summed E-state index contributed by atoms with van der Waals surface area (Å²) in [7, 11) is 0. The lowest BCUT2D eigenvalue weighted by molar-refractivity contribution is -0.143. The highest BCUT2D eigenvalue weighted by atomic mass is 16.2. The molecule has 0 spiro atoms. The third-order valence-electron chi connectivity index (χ3n) is 5.17. The summed E-state index contributed by atoms with van der Waals surface area (Å²) >= 11 is 0. The number of rotatable bonds is 7. The summed E-state index contributed by atoms with van der Waals surface area (Å²) in [4.78, 5) is 32.8. The molecule has 1 fully saturated rings. The predicted octanol–water partition coefficient (Wildman–Crippen LogP) is 0.526. The normalized spacial score (nSPS) is 17.6. The van der Waals surface area contributed by atoms with E-state index in [1.807, 2.05) is 32.0 Å². The molecular formula is C20H28N6O2. The van der Waals surface area contributed by atoms with Crippen LogP contribution in [0.25, 0.3) is 0 Å². The first kappa shape index (κ1) is 20.0. The molecule has 1 unspecified atom stereocenters. The molecule has 150 valence electrons. The van der Waals surface area contributed by atoms with Crippen molar-refractivity contribution in [2.24, 2.45) is 5.73 Å². The van der Waals surface area contributed by atoms with Crippen LogP contribution in [0.4, 0.5) is 0 Å². The van der Waals surface area contributed by atoms with Crippen LogP contribution in [0.3, 0.4) is 0 Å². The first-order valence-corrected chi connectivity index (χ1v) is 9.67. The summed E-state index contributed by atoms with van der Waals surface area (Å²) in [5.74, 6) is 0.944. The standard InChI is InChI=1S/C20H28N6O2/c1-15-22-16(2)26(23-15)11-9-19(27)25-13-12-24(14-18(25)20(21)28)10-8-17-6-4-3-5-7-17/h3-7,18H,8-14H2,1-2H3,(H2,21,28). The molecule has 1 aliphatic rings. The summed E-state index contributed by atoms with van der Waals surface area (Å²) in [6, 6.07) is 9.65. The van der Waals surface area contributed by atoms with Crippen molar-refractivity contribution >= 4 is 11.8 Å². The van der Waals surface area contributed by atoms with E-state index in [4.69, 9.17) is 5.73 Å². The third kappa shape index (κ3) is 4.95. The zero-order valence-electron chi connectivity index (χ0n) is 16.5. The number of benzene rings is 1. The molecule has 2 heterocycles. The van der Waals surface area contributed by atoms with Gasteiger partial charge in [0.05, 0.1) is 6.54 Å². The molecule has 1 aromatic heterocycles. The summed E-state index contributed by atoms with van der Waals surface area (Å²) in [6.45, 7) is 6.71. The van der Waals surface area contributed by atoms with E-state index in [0.717, 1.165) is 25.3 Å². The maximum atomic E-state index is 12.7. The van der Waals surface area contributed by atoms with Gasteiger partial charge in [-0.05, 0) is 25.8 Å². The number of amides is 2. The topological polar surface area (TPSA) is 97.4 Å². The number of piperazine rings is 1. The van der Waals surface area contributed by atoms with Crippen LogP contribution in [0.5, 0.6) is 0 Å². The Morgan fingerprint density at radius 3 is 2.54 bits per heavy atom. The number of primary amides is 1. The van der Waals surface area contributed by atoms with Crippen molar-refractivity contribution < 1.29 is 9.59 Å². The molecule has 0 aliphatic carbocycles. The van der Waals surface area contributed by atoms with Gasteiger partial charge in [0.15, 0.2) is 0 Å². The fraction of sp³-hybridized carbons (Fsp3) is 0.500. The van der Waals surface area contributed by atoms with Gasteiger partial charge in [0, 0.05) is 32.6 Å². The van der Waals surface area contributed by atoms with E-state index in [0.29, 0.717) is 25.5 Å². The van der Waals surface area contributed by atoms with Gasteiger partial charge in [-0.2, -0.15) is 5.10 Å². The molecule has 0 saturated carbocycles. The van der Waals surface area contributed by atoms with Gasteiger partial charge in [-0.3, -0.25) is 14.5 Å². The Morgan fingerprint density at radius 1 is 1.14 bits per heavy atom. The van der Waals surface area contributed by atoms with Gasteiger partial charge >= 0.3 is 0 Å². The van der Waals surface area contributed by atoms with Gasteiger partial charge in [0.1, 0.15) is 17.7 Å². The number of nitrogens with two attached hydrogens (primary N) is 1. The number of carbonyl (C=O) groups excluding carboxylic acids is 2. The molecule has 1 aliphatic heterocycles. The molecule has 8 nitrogen and oxygen atoms in total. The van der Waals surface area contributed by atoms with Crippen molar-refractivity contribution in [3.63, 3.8) is 0 Å². The van der Waals surface area contributed by atoms with Crippen LogP contribution in [0.1, 0.15) is 23.6 Å². The Bertz CT molecular complexity index is 819. The quantitative estimate of drug-likeness (QED) is 0.751. The maximum Gasteiger partial charge on any atom is 0.241 e. The molecule has 0 bridgehead atoms. The molecule has 8 heteroatoms.